The summed E-state index contributed by atoms with van der Waals surface area (Å²) in [6.45, 7) is 1.55. The average molecular weight is 241 g/mol. The topological polar surface area (TPSA) is 35.2 Å². The molecule has 1 heterocycles. The lowest BCUT2D eigenvalue weighted by atomic mass is 9.87. The van der Waals surface area contributed by atoms with Crippen molar-refractivity contribution in [1.82, 2.24) is 0 Å². The number of benzene rings is 2. The van der Waals surface area contributed by atoms with Crippen LogP contribution in [-0.4, -0.2) is 13.2 Å². The van der Waals surface area contributed by atoms with Gasteiger partial charge in [0, 0.05) is 12.5 Å². The summed E-state index contributed by atoms with van der Waals surface area (Å²) < 4.78 is 6.00. The first-order valence-electron chi connectivity index (χ1n) is 6.69. The Bertz CT molecular complexity index is 532. The normalized spacial score (nSPS) is 24.3. The molecule has 0 aromatic heterocycles. The minimum atomic E-state index is 0.162. The zero-order chi connectivity index (χ0) is 12.4. The van der Waals surface area contributed by atoms with Crippen LogP contribution < -0.4 is 5.73 Å². The van der Waals surface area contributed by atoms with Crippen LogP contribution in [0.1, 0.15) is 24.5 Å². The van der Waals surface area contributed by atoms with Crippen molar-refractivity contribution < 1.29 is 4.74 Å². The molecular formula is C16H19NO. The molecule has 0 saturated carbocycles. The number of ether oxygens (including phenoxy) is 1. The van der Waals surface area contributed by atoms with E-state index in [4.69, 9.17) is 10.5 Å². The molecule has 2 N–H and O–H groups in total. The zero-order valence-electron chi connectivity index (χ0n) is 10.5. The molecule has 94 valence electrons. The van der Waals surface area contributed by atoms with Crippen LogP contribution in [-0.2, 0) is 4.74 Å². The fourth-order valence-corrected chi connectivity index (χ4v) is 2.93. The van der Waals surface area contributed by atoms with Gasteiger partial charge in [0.1, 0.15) is 0 Å². The highest BCUT2D eigenvalue weighted by Crippen LogP contribution is 2.36. The predicted molar refractivity (Wildman–Crippen MR) is 74.4 cm³/mol. The SMILES string of the molecule is NCC1CCCOC1c1cccc2ccccc12. The molecule has 2 aromatic carbocycles. The van der Waals surface area contributed by atoms with Crippen molar-refractivity contribution in [3.05, 3.63) is 48.0 Å². The molecule has 1 fully saturated rings. The first-order chi connectivity index (χ1) is 8.90. The van der Waals surface area contributed by atoms with Crippen LogP contribution in [0.4, 0.5) is 0 Å². The van der Waals surface area contributed by atoms with Gasteiger partial charge in [-0.3, -0.25) is 0 Å². The summed E-state index contributed by atoms with van der Waals surface area (Å²) in [5.41, 5.74) is 7.19. The minimum absolute atomic E-state index is 0.162. The molecule has 2 nitrogen and oxygen atoms in total. The molecule has 2 unspecified atom stereocenters. The fourth-order valence-electron chi connectivity index (χ4n) is 2.93. The number of hydrogen-bond acceptors (Lipinski definition) is 2. The average Bonchev–Trinajstić information content (AvgIpc) is 2.46. The van der Waals surface area contributed by atoms with E-state index in [0.717, 1.165) is 13.0 Å². The van der Waals surface area contributed by atoms with Gasteiger partial charge in [0.15, 0.2) is 0 Å². The van der Waals surface area contributed by atoms with Gasteiger partial charge in [-0.25, -0.2) is 0 Å². The van der Waals surface area contributed by atoms with E-state index >= 15 is 0 Å². The zero-order valence-corrected chi connectivity index (χ0v) is 10.5. The molecule has 18 heavy (non-hydrogen) atoms. The highest BCUT2D eigenvalue weighted by molar-refractivity contribution is 5.86. The van der Waals surface area contributed by atoms with Crippen molar-refractivity contribution in [3.8, 4) is 0 Å². The van der Waals surface area contributed by atoms with E-state index < -0.39 is 0 Å². The Labute approximate surface area is 108 Å². The third kappa shape index (κ3) is 2.02. The molecular weight excluding hydrogens is 222 g/mol. The molecule has 0 aliphatic carbocycles. The highest BCUT2D eigenvalue weighted by atomic mass is 16.5. The maximum atomic E-state index is 6.00. The van der Waals surface area contributed by atoms with Gasteiger partial charge < -0.3 is 10.5 Å². The lowest BCUT2D eigenvalue weighted by molar-refractivity contribution is -0.0242. The number of fused-ring (bicyclic) bond motifs is 1. The van der Waals surface area contributed by atoms with Gasteiger partial charge in [0.05, 0.1) is 6.10 Å². The maximum Gasteiger partial charge on any atom is 0.0871 e. The van der Waals surface area contributed by atoms with Crippen molar-refractivity contribution in [2.75, 3.05) is 13.2 Å². The van der Waals surface area contributed by atoms with Crippen LogP contribution in [0.3, 0.4) is 0 Å². The third-order valence-electron chi connectivity index (χ3n) is 3.88. The highest BCUT2D eigenvalue weighted by Gasteiger charge is 2.27. The molecule has 3 rings (SSSR count). The molecule has 2 atom stereocenters. The molecule has 1 aliphatic rings. The van der Waals surface area contributed by atoms with Gasteiger partial charge in [-0.05, 0) is 35.7 Å². The van der Waals surface area contributed by atoms with E-state index in [1.54, 1.807) is 0 Å². The Kier molecular flexibility index (Phi) is 3.31. The van der Waals surface area contributed by atoms with Gasteiger partial charge in [0.25, 0.3) is 0 Å². The second-order valence-corrected chi connectivity index (χ2v) is 5.00. The van der Waals surface area contributed by atoms with Gasteiger partial charge in [-0.1, -0.05) is 42.5 Å². The van der Waals surface area contributed by atoms with E-state index in [9.17, 15) is 0 Å². The van der Waals surface area contributed by atoms with Crippen LogP contribution in [0.2, 0.25) is 0 Å². The standard InChI is InChI=1S/C16H19NO/c17-11-13-7-4-10-18-16(13)15-9-3-6-12-5-1-2-8-14(12)15/h1-3,5-6,8-9,13,16H,4,7,10-11,17H2. The monoisotopic (exact) mass is 241 g/mol. The van der Waals surface area contributed by atoms with Gasteiger partial charge >= 0.3 is 0 Å². The minimum Gasteiger partial charge on any atom is -0.373 e. The largest absolute Gasteiger partial charge is 0.373 e. The third-order valence-corrected chi connectivity index (χ3v) is 3.88. The summed E-state index contributed by atoms with van der Waals surface area (Å²) in [5.74, 6) is 0.449. The molecule has 0 amide bonds. The lowest BCUT2D eigenvalue weighted by Gasteiger charge is -2.32. The van der Waals surface area contributed by atoms with Gasteiger partial charge in [-0.15, -0.1) is 0 Å². The summed E-state index contributed by atoms with van der Waals surface area (Å²) in [6, 6.07) is 14.9. The van der Waals surface area contributed by atoms with E-state index in [-0.39, 0.29) is 6.10 Å². The van der Waals surface area contributed by atoms with Crippen LogP contribution in [0.15, 0.2) is 42.5 Å². The van der Waals surface area contributed by atoms with Gasteiger partial charge in [0.2, 0.25) is 0 Å². The number of hydrogen-bond donors (Lipinski definition) is 1. The van der Waals surface area contributed by atoms with Crippen molar-refractivity contribution >= 4 is 10.8 Å². The van der Waals surface area contributed by atoms with E-state index in [0.29, 0.717) is 12.5 Å². The smallest absolute Gasteiger partial charge is 0.0871 e. The summed E-state index contributed by atoms with van der Waals surface area (Å²) in [6.07, 6.45) is 2.46. The summed E-state index contributed by atoms with van der Waals surface area (Å²) >= 11 is 0. The Balaban J connectivity index is 2.07. The van der Waals surface area contributed by atoms with Crippen molar-refractivity contribution in [3.63, 3.8) is 0 Å². The van der Waals surface area contributed by atoms with E-state index in [1.165, 1.54) is 22.8 Å². The summed E-state index contributed by atoms with van der Waals surface area (Å²) in [4.78, 5) is 0. The van der Waals surface area contributed by atoms with Gasteiger partial charge in [-0.2, -0.15) is 0 Å². The molecule has 2 heteroatoms. The maximum absolute atomic E-state index is 6.00. The Morgan fingerprint density at radius 3 is 2.83 bits per heavy atom. The molecule has 0 bridgehead atoms. The molecule has 1 aliphatic heterocycles. The summed E-state index contributed by atoms with van der Waals surface area (Å²) in [5, 5.41) is 2.57. The molecule has 0 radical (unpaired) electrons. The molecule has 1 saturated heterocycles. The Morgan fingerprint density at radius 1 is 1.11 bits per heavy atom. The van der Waals surface area contributed by atoms with Crippen LogP contribution in [0.5, 0.6) is 0 Å². The first-order valence-corrected chi connectivity index (χ1v) is 6.69. The van der Waals surface area contributed by atoms with Crippen molar-refractivity contribution in [2.45, 2.75) is 18.9 Å². The second-order valence-electron chi connectivity index (χ2n) is 5.00. The Hall–Kier alpha value is -1.38. The lowest BCUT2D eigenvalue weighted by Crippen LogP contribution is -2.28. The first kappa shape index (κ1) is 11.7. The van der Waals surface area contributed by atoms with Crippen molar-refractivity contribution in [2.24, 2.45) is 11.7 Å². The van der Waals surface area contributed by atoms with E-state index in [2.05, 4.69) is 42.5 Å². The van der Waals surface area contributed by atoms with Crippen LogP contribution >= 0.6 is 0 Å². The second kappa shape index (κ2) is 5.09. The van der Waals surface area contributed by atoms with Crippen molar-refractivity contribution in [1.29, 1.82) is 0 Å². The summed E-state index contributed by atoms with van der Waals surface area (Å²) in [7, 11) is 0. The Morgan fingerprint density at radius 2 is 1.94 bits per heavy atom. The van der Waals surface area contributed by atoms with Crippen LogP contribution in [0, 0.1) is 5.92 Å². The predicted octanol–water partition coefficient (Wildman–Crippen LogP) is 3.27. The quantitative estimate of drug-likeness (QED) is 0.875. The molecule has 2 aromatic rings. The number of nitrogens with two attached hydrogens (primary N) is 1. The molecule has 0 spiro atoms. The van der Waals surface area contributed by atoms with Crippen LogP contribution in [0.25, 0.3) is 10.8 Å². The van der Waals surface area contributed by atoms with E-state index in [1.807, 2.05) is 0 Å². The fraction of sp³-hybridized carbons (Fsp3) is 0.375. The number of rotatable bonds is 2.